The van der Waals surface area contributed by atoms with Crippen molar-refractivity contribution in [1.82, 2.24) is 0 Å². The van der Waals surface area contributed by atoms with E-state index in [4.69, 9.17) is 14.2 Å². The van der Waals surface area contributed by atoms with Crippen LogP contribution in [0.1, 0.15) is 11.1 Å². The average molecular weight is 238 g/mol. The molecule has 0 bridgehead atoms. The Morgan fingerprint density at radius 1 is 1.25 bits per heavy atom. The van der Waals surface area contributed by atoms with Gasteiger partial charge in [-0.1, -0.05) is 0 Å². The number of thiol groups is 1. The molecule has 16 heavy (non-hydrogen) atoms. The highest BCUT2D eigenvalue weighted by molar-refractivity contribution is 7.80. The number of ether oxygens (including phenoxy) is 3. The van der Waals surface area contributed by atoms with Crippen LogP contribution in [0.2, 0.25) is 0 Å². The Morgan fingerprint density at radius 2 is 1.94 bits per heavy atom. The minimum atomic E-state index is 0.0637. The highest BCUT2D eigenvalue weighted by atomic mass is 32.1. The van der Waals surface area contributed by atoms with Crippen molar-refractivity contribution in [2.45, 2.75) is 12.3 Å². The topological polar surface area (TPSA) is 27.7 Å². The van der Waals surface area contributed by atoms with Gasteiger partial charge in [-0.3, -0.25) is 0 Å². The molecule has 1 fully saturated rings. The van der Waals surface area contributed by atoms with Gasteiger partial charge in [0.2, 0.25) is 6.79 Å². The van der Waals surface area contributed by atoms with E-state index in [0.717, 1.165) is 30.5 Å². The molecule has 2 aliphatic rings. The summed E-state index contributed by atoms with van der Waals surface area (Å²) in [6, 6.07) is 4.12. The Labute approximate surface area is 100 Å². The molecule has 3 nitrogen and oxygen atoms in total. The fourth-order valence-electron chi connectivity index (χ4n) is 2.30. The van der Waals surface area contributed by atoms with Crippen LogP contribution >= 0.6 is 12.6 Å². The maximum absolute atomic E-state index is 5.41. The molecule has 0 unspecified atom stereocenters. The van der Waals surface area contributed by atoms with Gasteiger partial charge in [-0.2, -0.15) is 12.6 Å². The summed E-state index contributed by atoms with van der Waals surface area (Å²) in [6.45, 7) is 3.91. The smallest absolute Gasteiger partial charge is 0.231 e. The molecule has 0 N–H and O–H groups in total. The molecule has 1 aromatic carbocycles. The second-order valence-corrected chi connectivity index (χ2v) is 4.77. The number of fused-ring (bicyclic) bond motifs is 1. The summed E-state index contributed by atoms with van der Waals surface area (Å²) < 4.78 is 16.1. The first-order valence-electron chi connectivity index (χ1n) is 5.34. The van der Waals surface area contributed by atoms with Crippen LogP contribution in [0.15, 0.2) is 12.1 Å². The summed E-state index contributed by atoms with van der Waals surface area (Å²) in [4.78, 5) is 0. The van der Waals surface area contributed by atoms with E-state index < -0.39 is 0 Å². The summed E-state index contributed by atoms with van der Waals surface area (Å²) >= 11 is 4.44. The van der Waals surface area contributed by atoms with Crippen molar-refractivity contribution >= 4 is 12.6 Å². The predicted molar refractivity (Wildman–Crippen MR) is 63.7 cm³/mol. The van der Waals surface area contributed by atoms with Crippen LogP contribution < -0.4 is 9.47 Å². The van der Waals surface area contributed by atoms with E-state index in [1.54, 1.807) is 0 Å². The van der Waals surface area contributed by atoms with Crippen LogP contribution in [0.4, 0.5) is 0 Å². The Balaban J connectivity index is 2.07. The molecule has 1 aromatic rings. The predicted octanol–water partition coefficient (Wildman–Crippen LogP) is 1.92. The summed E-state index contributed by atoms with van der Waals surface area (Å²) in [7, 11) is 0. The Kier molecular flexibility index (Phi) is 2.30. The minimum Gasteiger partial charge on any atom is -0.454 e. The first kappa shape index (κ1) is 10.3. The molecule has 86 valence electrons. The van der Waals surface area contributed by atoms with Gasteiger partial charge in [0.15, 0.2) is 11.5 Å². The number of benzene rings is 1. The normalized spacial score (nSPS) is 20.6. The van der Waals surface area contributed by atoms with Crippen molar-refractivity contribution in [1.29, 1.82) is 0 Å². The van der Waals surface area contributed by atoms with Gasteiger partial charge in [-0.15, -0.1) is 0 Å². The van der Waals surface area contributed by atoms with E-state index in [2.05, 4.69) is 25.6 Å². The molecule has 0 saturated carbocycles. The third kappa shape index (κ3) is 1.33. The molecule has 2 aliphatic heterocycles. The van der Waals surface area contributed by atoms with Crippen molar-refractivity contribution in [3.63, 3.8) is 0 Å². The van der Waals surface area contributed by atoms with Gasteiger partial charge in [-0.25, -0.2) is 0 Å². The van der Waals surface area contributed by atoms with E-state index in [1.165, 1.54) is 11.1 Å². The van der Waals surface area contributed by atoms with Crippen molar-refractivity contribution in [2.24, 2.45) is 0 Å². The monoisotopic (exact) mass is 238 g/mol. The lowest BCUT2D eigenvalue weighted by molar-refractivity contribution is -0.0474. The van der Waals surface area contributed by atoms with Gasteiger partial charge in [-0.05, 0) is 30.2 Å². The van der Waals surface area contributed by atoms with E-state index >= 15 is 0 Å². The Morgan fingerprint density at radius 3 is 2.50 bits per heavy atom. The van der Waals surface area contributed by atoms with Gasteiger partial charge in [0, 0.05) is 5.75 Å². The largest absolute Gasteiger partial charge is 0.454 e. The molecule has 4 heteroatoms. The summed E-state index contributed by atoms with van der Waals surface area (Å²) in [5, 5.41) is 0. The minimum absolute atomic E-state index is 0.0637. The lowest BCUT2D eigenvalue weighted by atomic mass is 9.78. The molecule has 0 amide bonds. The standard InChI is InChI=1S/C12H14O3S/c1-8-2-10-11(15-7-14-10)3-9(8)12(6-16)4-13-5-12/h2-3,16H,4-7H2,1H3. The van der Waals surface area contributed by atoms with E-state index in [-0.39, 0.29) is 5.41 Å². The maximum Gasteiger partial charge on any atom is 0.231 e. The molecule has 0 atom stereocenters. The Bertz CT molecular complexity index is 421. The third-order valence-corrected chi connectivity index (χ3v) is 3.96. The molecule has 0 spiro atoms. The molecular weight excluding hydrogens is 224 g/mol. The lowest BCUT2D eigenvalue weighted by Gasteiger charge is -2.41. The van der Waals surface area contributed by atoms with Crippen molar-refractivity contribution < 1.29 is 14.2 Å². The molecule has 1 saturated heterocycles. The highest BCUT2D eigenvalue weighted by Gasteiger charge is 2.41. The van der Waals surface area contributed by atoms with E-state index in [0.29, 0.717) is 6.79 Å². The van der Waals surface area contributed by atoms with Crippen LogP contribution in [0.25, 0.3) is 0 Å². The molecular formula is C12H14O3S. The summed E-state index contributed by atoms with van der Waals surface area (Å²) in [5.41, 5.74) is 2.56. The first-order chi connectivity index (χ1) is 7.75. The fourth-order valence-corrected chi connectivity index (χ4v) is 2.65. The van der Waals surface area contributed by atoms with Crippen molar-refractivity contribution in [3.05, 3.63) is 23.3 Å². The fraction of sp³-hybridized carbons (Fsp3) is 0.500. The second-order valence-electron chi connectivity index (χ2n) is 4.45. The van der Waals surface area contributed by atoms with E-state index in [9.17, 15) is 0 Å². The number of hydrogen-bond acceptors (Lipinski definition) is 4. The number of aryl methyl sites for hydroxylation is 1. The lowest BCUT2D eigenvalue weighted by Crippen LogP contribution is -2.48. The maximum atomic E-state index is 5.41. The molecule has 2 heterocycles. The quantitative estimate of drug-likeness (QED) is 0.798. The van der Waals surface area contributed by atoms with Crippen LogP contribution in [0.3, 0.4) is 0 Å². The third-order valence-electron chi connectivity index (χ3n) is 3.35. The second kappa shape index (κ2) is 3.57. The van der Waals surface area contributed by atoms with Gasteiger partial charge < -0.3 is 14.2 Å². The summed E-state index contributed by atoms with van der Waals surface area (Å²) in [5.74, 6) is 2.48. The zero-order valence-electron chi connectivity index (χ0n) is 9.16. The van der Waals surface area contributed by atoms with Gasteiger partial charge in [0.05, 0.1) is 18.6 Å². The van der Waals surface area contributed by atoms with Crippen LogP contribution in [0.5, 0.6) is 11.5 Å². The molecule has 3 rings (SSSR count). The summed E-state index contributed by atoms with van der Waals surface area (Å²) in [6.07, 6.45) is 0. The number of hydrogen-bond donors (Lipinski definition) is 1. The zero-order valence-corrected chi connectivity index (χ0v) is 10.0. The zero-order chi connectivity index (χ0) is 11.2. The van der Waals surface area contributed by atoms with Crippen molar-refractivity contribution in [2.75, 3.05) is 25.8 Å². The van der Waals surface area contributed by atoms with Gasteiger partial charge in [0.1, 0.15) is 0 Å². The van der Waals surface area contributed by atoms with Gasteiger partial charge in [0.25, 0.3) is 0 Å². The van der Waals surface area contributed by atoms with Crippen LogP contribution in [0, 0.1) is 6.92 Å². The molecule has 0 aliphatic carbocycles. The van der Waals surface area contributed by atoms with E-state index in [1.807, 2.05) is 6.07 Å². The van der Waals surface area contributed by atoms with Crippen molar-refractivity contribution in [3.8, 4) is 11.5 Å². The molecule has 0 radical (unpaired) electrons. The SMILES string of the molecule is Cc1cc2c(cc1C1(CS)COC1)OCO2. The van der Waals surface area contributed by atoms with Crippen LogP contribution in [-0.2, 0) is 10.2 Å². The average Bonchev–Trinajstić information content (AvgIpc) is 2.64. The first-order valence-corrected chi connectivity index (χ1v) is 5.98. The Hall–Kier alpha value is -0.870. The van der Waals surface area contributed by atoms with Crippen LogP contribution in [-0.4, -0.2) is 25.8 Å². The molecule has 0 aromatic heterocycles. The highest BCUT2D eigenvalue weighted by Crippen LogP contribution is 2.42. The van der Waals surface area contributed by atoms with Gasteiger partial charge >= 0.3 is 0 Å². The number of rotatable bonds is 2.